The number of rotatable bonds is 3. The number of nitrogens with one attached hydrogen (secondary N) is 1. The Balaban J connectivity index is 1.28. The average molecular weight is 408 g/mol. The predicted octanol–water partition coefficient (Wildman–Crippen LogP) is 2.22. The second kappa shape index (κ2) is 8.57. The second-order valence-corrected chi connectivity index (χ2v) is 8.65. The molecule has 0 unspecified atom stereocenters. The molecule has 1 aromatic carbocycles. The highest BCUT2D eigenvalue weighted by molar-refractivity contribution is 6.31. The number of carbonyl (C=O) groups is 1. The van der Waals surface area contributed by atoms with Crippen molar-refractivity contribution in [1.82, 2.24) is 10.2 Å². The molecule has 4 rings (SSSR count). The van der Waals surface area contributed by atoms with Crippen molar-refractivity contribution in [1.29, 1.82) is 0 Å². The van der Waals surface area contributed by atoms with E-state index in [0.717, 1.165) is 49.6 Å². The van der Waals surface area contributed by atoms with Crippen molar-refractivity contribution in [3.8, 4) is 0 Å². The van der Waals surface area contributed by atoms with Gasteiger partial charge in [-0.05, 0) is 37.5 Å². The molecule has 3 heterocycles. The van der Waals surface area contributed by atoms with Crippen molar-refractivity contribution in [3.05, 3.63) is 28.8 Å². The lowest BCUT2D eigenvalue weighted by Gasteiger charge is -2.38. The summed E-state index contributed by atoms with van der Waals surface area (Å²) in [6.45, 7) is 8.55. The standard InChI is InChI=1S/C21H30ClN3O3/c1-14-3-4-18(9-19(14)22)24-7-5-17(6-8-24)25-10-20-21(11-25)28-13-16(12-27-20)23-15(2)26/h3-4,9,16-17,20-21H,5-8,10-13H2,1-2H3,(H,23,26)/t20-,21-/m0/s1. The lowest BCUT2D eigenvalue weighted by Crippen LogP contribution is -2.45. The highest BCUT2D eigenvalue weighted by Gasteiger charge is 2.40. The third kappa shape index (κ3) is 4.46. The number of ether oxygens (including phenoxy) is 2. The molecule has 1 N–H and O–H groups in total. The number of nitrogens with zero attached hydrogens (tertiary/aromatic N) is 2. The molecule has 3 saturated heterocycles. The number of amides is 1. The van der Waals surface area contributed by atoms with Gasteiger partial charge < -0.3 is 19.7 Å². The van der Waals surface area contributed by atoms with Crippen LogP contribution in [0.2, 0.25) is 5.02 Å². The van der Waals surface area contributed by atoms with Gasteiger partial charge in [0.05, 0.1) is 31.5 Å². The lowest BCUT2D eigenvalue weighted by atomic mass is 10.0. The van der Waals surface area contributed by atoms with Crippen LogP contribution in [0.5, 0.6) is 0 Å². The Kier molecular flexibility index (Phi) is 6.11. The molecule has 3 aliphatic heterocycles. The van der Waals surface area contributed by atoms with E-state index >= 15 is 0 Å². The largest absolute Gasteiger partial charge is 0.372 e. The van der Waals surface area contributed by atoms with Gasteiger partial charge in [-0.25, -0.2) is 0 Å². The topological polar surface area (TPSA) is 54.0 Å². The summed E-state index contributed by atoms with van der Waals surface area (Å²) in [4.78, 5) is 16.2. The fourth-order valence-electron chi connectivity index (χ4n) is 4.56. The molecule has 2 atom stereocenters. The monoisotopic (exact) mass is 407 g/mol. The summed E-state index contributed by atoms with van der Waals surface area (Å²) in [7, 11) is 0. The van der Waals surface area contributed by atoms with E-state index in [4.69, 9.17) is 21.1 Å². The number of carbonyl (C=O) groups excluding carboxylic acids is 1. The number of anilines is 1. The summed E-state index contributed by atoms with van der Waals surface area (Å²) >= 11 is 6.30. The first-order valence-corrected chi connectivity index (χ1v) is 10.6. The highest BCUT2D eigenvalue weighted by Crippen LogP contribution is 2.29. The Morgan fingerprint density at radius 1 is 1.14 bits per heavy atom. The third-order valence-electron chi connectivity index (χ3n) is 6.18. The van der Waals surface area contributed by atoms with Gasteiger partial charge in [0.2, 0.25) is 5.91 Å². The number of aryl methyl sites for hydroxylation is 1. The van der Waals surface area contributed by atoms with Gasteiger partial charge in [0.1, 0.15) is 0 Å². The van der Waals surface area contributed by atoms with Crippen molar-refractivity contribution in [3.63, 3.8) is 0 Å². The maximum atomic E-state index is 11.3. The lowest BCUT2D eigenvalue weighted by molar-refractivity contribution is -0.120. The van der Waals surface area contributed by atoms with Crippen molar-refractivity contribution in [2.45, 2.75) is 51.0 Å². The van der Waals surface area contributed by atoms with Crippen LogP contribution < -0.4 is 10.2 Å². The molecule has 1 aromatic rings. The van der Waals surface area contributed by atoms with Gasteiger partial charge in [-0.1, -0.05) is 17.7 Å². The van der Waals surface area contributed by atoms with Crippen LogP contribution in [0.25, 0.3) is 0 Å². The summed E-state index contributed by atoms with van der Waals surface area (Å²) in [5, 5.41) is 3.73. The zero-order chi connectivity index (χ0) is 19.7. The fraction of sp³-hybridized carbons (Fsp3) is 0.667. The number of benzene rings is 1. The van der Waals surface area contributed by atoms with E-state index in [1.54, 1.807) is 0 Å². The molecule has 0 saturated carbocycles. The number of halogens is 1. The van der Waals surface area contributed by atoms with E-state index < -0.39 is 0 Å². The van der Waals surface area contributed by atoms with Crippen LogP contribution in [0.1, 0.15) is 25.3 Å². The van der Waals surface area contributed by atoms with E-state index in [9.17, 15) is 4.79 Å². The molecule has 154 valence electrons. The molecule has 0 aromatic heterocycles. The summed E-state index contributed by atoms with van der Waals surface area (Å²) in [6, 6.07) is 6.88. The van der Waals surface area contributed by atoms with Crippen LogP contribution in [-0.4, -0.2) is 74.5 Å². The van der Waals surface area contributed by atoms with Crippen LogP contribution in [-0.2, 0) is 14.3 Å². The van der Waals surface area contributed by atoms with E-state index in [1.165, 1.54) is 12.6 Å². The first-order valence-electron chi connectivity index (χ1n) is 10.2. The van der Waals surface area contributed by atoms with Crippen LogP contribution >= 0.6 is 11.6 Å². The minimum atomic E-state index is -0.0406. The zero-order valence-corrected chi connectivity index (χ0v) is 17.5. The van der Waals surface area contributed by atoms with Crippen LogP contribution in [0, 0.1) is 6.92 Å². The molecule has 0 radical (unpaired) electrons. The van der Waals surface area contributed by atoms with Gasteiger partial charge in [-0.15, -0.1) is 0 Å². The summed E-state index contributed by atoms with van der Waals surface area (Å²) < 4.78 is 12.1. The number of hydrogen-bond donors (Lipinski definition) is 1. The molecule has 0 spiro atoms. The maximum absolute atomic E-state index is 11.3. The van der Waals surface area contributed by atoms with Crippen molar-refractivity contribution < 1.29 is 14.3 Å². The van der Waals surface area contributed by atoms with Crippen LogP contribution in [0.4, 0.5) is 5.69 Å². The van der Waals surface area contributed by atoms with Crippen LogP contribution in [0.15, 0.2) is 18.2 Å². The Hall–Kier alpha value is -1.34. The van der Waals surface area contributed by atoms with Crippen LogP contribution in [0.3, 0.4) is 0 Å². The maximum Gasteiger partial charge on any atom is 0.217 e. The van der Waals surface area contributed by atoms with E-state index in [0.29, 0.717) is 19.3 Å². The quantitative estimate of drug-likeness (QED) is 0.832. The molecule has 3 fully saturated rings. The van der Waals surface area contributed by atoms with E-state index in [2.05, 4.69) is 33.3 Å². The number of fused-ring (bicyclic) bond motifs is 1. The number of hydrogen-bond acceptors (Lipinski definition) is 5. The molecule has 1 amide bonds. The van der Waals surface area contributed by atoms with Gasteiger partial charge in [0.15, 0.2) is 0 Å². The van der Waals surface area contributed by atoms with Gasteiger partial charge >= 0.3 is 0 Å². The first-order chi connectivity index (χ1) is 13.5. The molecule has 0 aliphatic carbocycles. The number of piperidine rings is 1. The van der Waals surface area contributed by atoms with Crippen molar-refractivity contribution >= 4 is 23.2 Å². The van der Waals surface area contributed by atoms with Crippen molar-refractivity contribution in [2.75, 3.05) is 44.3 Å². The van der Waals surface area contributed by atoms with E-state index in [1.807, 2.05) is 6.92 Å². The Morgan fingerprint density at radius 3 is 2.36 bits per heavy atom. The summed E-state index contributed by atoms with van der Waals surface area (Å²) in [5.41, 5.74) is 2.34. The Labute approximate surface area is 172 Å². The predicted molar refractivity (Wildman–Crippen MR) is 110 cm³/mol. The molecule has 3 aliphatic rings. The molecule has 6 nitrogen and oxygen atoms in total. The summed E-state index contributed by atoms with van der Waals surface area (Å²) in [6.07, 6.45) is 2.49. The SMILES string of the molecule is CC(=O)NC1CO[C@H]2CN(C3CCN(c4ccc(C)c(Cl)c4)CC3)C[C@@H]2OC1. The Morgan fingerprint density at radius 2 is 1.79 bits per heavy atom. The van der Waals surface area contributed by atoms with Gasteiger partial charge in [-0.3, -0.25) is 9.69 Å². The van der Waals surface area contributed by atoms with E-state index in [-0.39, 0.29) is 24.2 Å². The molecular formula is C21H30ClN3O3. The normalized spacial score (nSPS) is 27.5. The molecule has 28 heavy (non-hydrogen) atoms. The summed E-state index contributed by atoms with van der Waals surface area (Å²) in [5.74, 6) is -0.0347. The molecule has 0 bridgehead atoms. The van der Waals surface area contributed by atoms with Gasteiger partial charge in [-0.2, -0.15) is 0 Å². The fourth-order valence-corrected chi connectivity index (χ4v) is 4.73. The first kappa shape index (κ1) is 20.0. The molecular weight excluding hydrogens is 378 g/mol. The number of likely N-dealkylation sites (tertiary alicyclic amines) is 1. The van der Waals surface area contributed by atoms with Gasteiger partial charge in [0, 0.05) is 49.9 Å². The second-order valence-electron chi connectivity index (χ2n) is 8.25. The average Bonchev–Trinajstić information content (AvgIpc) is 3.00. The highest BCUT2D eigenvalue weighted by atomic mass is 35.5. The minimum Gasteiger partial charge on any atom is -0.372 e. The van der Waals surface area contributed by atoms with Crippen molar-refractivity contribution in [2.24, 2.45) is 0 Å². The third-order valence-corrected chi connectivity index (χ3v) is 6.58. The minimum absolute atomic E-state index is 0.0347. The Bertz CT molecular complexity index is 692. The molecule has 7 heteroatoms. The smallest absolute Gasteiger partial charge is 0.217 e. The zero-order valence-electron chi connectivity index (χ0n) is 16.7. The van der Waals surface area contributed by atoms with Gasteiger partial charge in [0.25, 0.3) is 0 Å².